The van der Waals surface area contributed by atoms with Crippen molar-refractivity contribution in [3.63, 3.8) is 0 Å². The summed E-state index contributed by atoms with van der Waals surface area (Å²) in [6.07, 6.45) is 2.44. The van der Waals surface area contributed by atoms with E-state index in [1.54, 1.807) is 0 Å². The van der Waals surface area contributed by atoms with Gasteiger partial charge in [0.15, 0.2) is 0 Å². The number of rotatable bonds is 4. The van der Waals surface area contributed by atoms with Gasteiger partial charge in [0.25, 0.3) is 0 Å². The largest absolute Gasteiger partial charge is 0.343 e. The van der Waals surface area contributed by atoms with E-state index in [4.69, 9.17) is 0 Å². The molecule has 22 heavy (non-hydrogen) atoms. The summed E-state index contributed by atoms with van der Waals surface area (Å²) in [5.41, 5.74) is 4.12. The molecular weight excluding hydrogens is 288 g/mol. The van der Waals surface area contributed by atoms with E-state index in [2.05, 4.69) is 79.5 Å². The molecule has 3 heteroatoms. The summed E-state index contributed by atoms with van der Waals surface area (Å²) >= 11 is 2.02. The molecule has 0 amide bonds. The minimum Gasteiger partial charge on any atom is -0.343 e. The Balaban J connectivity index is 1.95. The quantitative estimate of drug-likeness (QED) is 0.789. The van der Waals surface area contributed by atoms with Crippen LogP contribution in [0, 0.1) is 0 Å². The van der Waals surface area contributed by atoms with Crippen molar-refractivity contribution < 1.29 is 0 Å². The molecule has 1 aliphatic heterocycles. The third-order valence-electron chi connectivity index (χ3n) is 4.21. The topological polar surface area (TPSA) is 6.48 Å². The van der Waals surface area contributed by atoms with Crippen molar-refractivity contribution in [1.82, 2.24) is 4.90 Å². The van der Waals surface area contributed by atoms with Crippen LogP contribution in [0.25, 0.3) is 0 Å². The zero-order valence-corrected chi connectivity index (χ0v) is 14.4. The lowest BCUT2D eigenvalue weighted by atomic mass is 10.0. The summed E-state index contributed by atoms with van der Waals surface area (Å²) in [5.74, 6) is 0. The molecule has 2 nitrogen and oxygen atoms in total. The average molecular weight is 312 g/mol. The van der Waals surface area contributed by atoms with Gasteiger partial charge >= 0.3 is 0 Å². The fourth-order valence-corrected chi connectivity index (χ4v) is 4.45. The van der Waals surface area contributed by atoms with Gasteiger partial charge in [-0.15, -0.1) is 11.8 Å². The predicted octanol–water partition coefficient (Wildman–Crippen LogP) is 4.94. The molecule has 0 N–H and O–H groups in total. The van der Waals surface area contributed by atoms with Gasteiger partial charge in [0.2, 0.25) is 0 Å². The van der Waals surface area contributed by atoms with Gasteiger partial charge in [0.05, 0.1) is 5.69 Å². The molecule has 3 rings (SSSR count). The number of nitrogens with zero attached hydrogens (tertiary/aromatic N) is 2. The fourth-order valence-electron chi connectivity index (χ4n) is 3.05. The van der Waals surface area contributed by atoms with Crippen molar-refractivity contribution in [2.45, 2.75) is 23.0 Å². The third-order valence-corrected chi connectivity index (χ3v) is 5.59. The minimum absolute atomic E-state index is 0.530. The molecule has 0 aliphatic carbocycles. The summed E-state index contributed by atoms with van der Waals surface area (Å²) in [6, 6.07) is 17.6. The van der Waals surface area contributed by atoms with Gasteiger partial charge in [0.1, 0.15) is 0 Å². The summed E-state index contributed by atoms with van der Waals surface area (Å²) < 4.78 is 0. The Bertz CT molecular complexity index is 639. The summed E-state index contributed by atoms with van der Waals surface area (Å²) in [7, 11) is 6.48. The smallest absolute Gasteiger partial charge is 0.0546 e. The molecule has 2 aromatic rings. The zero-order chi connectivity index (χ0) is 15.5. The van der Waals surface area contributed by atoms with Gasteiger partial charge in [-0.05, 0) is 57.2 Å². The van der Waals surface area contributed by atoms with Crippen LogP contribution in [0.5, 0.6) is 0 Å². The van der Waals surface area contributed by atoms with Crippen LogP contribution >= 0.6 is 11.8 Å². The molecule has 0 bridgehead atoms. The molecule has 1 unspecified atom stereocenters. The average Bonchev–Trinajstić information content (AvgIpc) is 2.64. The first-order chi connectivity index (χ1) is 10.7. The Labute approximate surface area is 138 Å². The van der Waals surface area contributed by atoms with Crippen LogP contribution in [0.1, 0.15) is 23.7 Å². The van der Waals surface area contributed by atoms with E-state index in [0.717, 1.165) is 6.54 Å². The third kappa shape index (κ3) is 3.16. The molecule has 0 spiro atoms. The molecule has 116 valence electrons. The number of benzene rings is 2. The lowest BCUT2D eigenvalue weighted by Gasteiger charge is -2.22. The highest BCUT2D eigenvalue weighted by atomic mass is 32.2. The molecule has 0 radical (unpaired) electrons. The van der Waals surface area contributed by atoms with Crippen LogP contribution < -0.4 is 4.90 Å². The fraction of sp³-hybridized carbons (Fsp3) is 0.368. The standard InChI is InChI=1S/C19H24N2S/c1-20(2)14-8-13-18-15-9-4-5-10-16(15)21(3)17-11-6-7-12-19(17)22-18/h4-7,9-12,18H,8,13-14H2,1-3H3. The number of anilines is 2. The van der Waals surface area contributed by atoms with Gasteiger partial charge in [-0.25, -0.2) is 0 Å². The Morgan fingerprint density at radius 3 is 2.45 bits per heavy atom. The highest BCUT2D eigenvalue weighted by Crippen LogP contribution is 2.49. The normalized spacial score (nSPS) is 17.1. The SMILES string of the molecule is CN(C)CCCC1Sc2ccccc2N(C)c2ccccc21. The van der Waals surface area contributed by atoms with Crippen LogP contribution in [0.15, 0.2) is 53.4 Å². The van der Waals surface area contributed by atoms with Crippen LogP contribution in [0.2, 0.25) is 0 Å². The molecule has 0 aromatic heterocycles. The van der Waals surface area contributed by atoms with E-state index in [9.17, 15) is 0 Å². The molecule has 0 saturated heterocycles. The van der Waals surface area contributed by atoms with E-state index >= 15 is 0 Å². The Morgan fingerprint density at radius 1 is 1.00 bits per heavy atom. The van der Waals surface area contributed by atoms with Crippen molar-refractivity contribution in [1.29, 1.82) is 0 Å². The summed E-state index contributed by atoms with van der Waals surface area (Å²) in [5, 5.41) is 0.530. The molecule has 1 heterocycles. The van der Waals surface area contributed by atoms with Crippen molar-refractivity contribution >= 4 is 23.1 Å². The van der Waals surface area contributed by atoms with Gasteiger partial charge in [-0.1, -0.05) is 30.3 Å². The maximum atomic E-state index is 2.34. The first kappa shape index (κ1) is 15.4. The molecule has 0 saturated carbocycles. The number of para-hydroxylation sites is 2. The van der Waals surface area contributed by atoms with Crippen LogP contribution in [0.4, 0.5) is 11.4 Å². The molecule has 0 fully saturated rings. The number of fused-ring (bicyclic) bond motifs is 2. The Hall–Kier alpha value is -1.45. The van der Waals surface area contributed by atoms with Gasteiger partial charge in [0, 0.05) is 22.9 Å². The molecule has 1 aliphatic rings. The van der Waals surface area contributed by atoms with Gasteiger partial charge in [-0.3, -0.25) is 0 Å². The highest BCUT2D eigenvalue weighted by Gasteiger charge is 2.24. The van der Waals surface area contributed by atoms with Crippen molar-refractivity contribution in [3.8, 4) is 0 Å². The maximum Gasteiger partial charge on any atom is 0.0546 e. The molecular formula is C19H24N2S. The number of hydrogen-bond acceptors (Lipinski definition) is 3. The zero-order valence-electron chi connectivity index (χ0n) is 13.6. The minimum atomic E-state index is 0.530. The summed E-state index contributed by atoms with van der Waals surface area (Å²) in [4.78, 5) is 5.99. The lowest BCUT2D eigenvalue weighted by Crippen LogP contribution is -2.14. The Kier molecular flexibility index (Phi) is 4.74. The predicted molar refractivity (Wildman–Crippen MR) is 97.3 cm³/mol. The molecule has 1 atom stereocenters. The first-order valence-corrected chi connectivity index (χ1v) is 8.78. The first-order valence-electron chi connectivity index (χ1n) is 7.90. The van der Waals surface area contributed by atoms with Crippen molar-refractivity contribution in [2.24, 2.45) is 0 Å². The second-order valence-electron chi connectivity index (χ2n) is 6.14. The second kappa shape index (κ2) is 6.76. The lowest BCUT2D eigenvalue weighted by molar-refractivity contribution is 0.394. The molecule has 2 aromatic carbocycles. The van der Waals surface area contributed by atoms with E-state index in [1.807, 2.05) is 11.8 Å². The summed E-state index contributed by atoms with van der Waals surface area (Å²) in [6.45, 7) is 1.15. The van der Waals surface area contributed by atoms with Gasteiger partial charge < -0.3 is 9.80 Å². The monoisotopic (exact) mass is 312 g/mol. The Morgan fingerprint density at radius 2 is 1.68 bits per heavy atom. The number of thioether (sulfide) groups is 1. The van der Waals surface area contributed by atoms with Crippen LogP contribution in [-0.2, 0) is 0 Å². The second-order valence-corrected chi connectivity index (χ2v) is 7.38. The highest BCUT2D eigenvalue weighted by molar-refractivity contribution is 7.99. The van der Waals surface area contributed by atoms with Crippen molar-refractivity contribution in [3.05, 3.63) is 54.1 Å². The van der Waals surface area contributed by atoms with Crippen LogP contribution in [-0.4, -0.2) is 32.6 Å². The number of hydrogen-bond donors (Lipinski definition) is 0. The van der Waals surface area contributed by atoms with Crippen LogP contribution in [0.3, 0.4) is 0 Å². The van der Waals surface area contributed by atoms with E-state index in [-0.39, 0.29) is 0 Å². The van der Waals surface area contributed by atoms with Crippen molar-refractivity contribution in [2.75, 3.05) is 32.6 Å². The maximum absolute atomic E-state index is 2.34. The van der Waals surface area contributed by atoms with E-state index in [0.29, 0.717) is 5.25 Å². The van der Waals surface area contributed by atoms with E-state index in [1.165, 1.54) is 34.7 Å². The van der Waals surface area contributed by atoms with E-state index < -0.39 is 0 Å². The van der Waals surface area contributed by atoms with Gasteiger partial charge in [-0.2, -0.15) is 0 Å².